The molecule has 0 aromatic rings. The van der Waals surface area contributed by atoms with Crippen LogP contribution >= 0.6 is 0 Å². The largest absolute Gasteiger partial charge is 0.376 e. The molecule has 0 amide bonds. The standard InChI is InChI=1S/C10H16N2O6/c1-8(15-2)9(16-3,17-4)10(18-5,11-6-13)12-7-14/h8H,1-5H3. The Morgan fingerprint density at radius 1 is 0.944 bits per heavy atom. The summed E-state index contributed by atoms with van der Waals surface area (Å²) >= 11 is 0. The number of rotatable bonds is 8. The fraction of sp³-hybridized carbons (Fsp3) is 0.800. The summed E-state index contributed by atoms with van der Waals surface area (Å²) in [5, 5.41) is 0. The van der Waals surface area contributed by atoms with E-state index in [4.69, 9.17) is 18.9 Å². The minimum absolute atomic E-state index is 0.762. The fourth-order valence-electron chi connectivity index (χ4n) is 1.64. The van der Waals surface area contributed by atoms with Gasteiger partial charge in [0.15, 0.2) is 0 Å². The number of methoxy groups -OCH3 is 4. The molecule has 0 aliphatic heterocycles. The van der Waals surface area contributed by atoms with Crippen molar-refractivity contribution in [3.05, 3.63) is 0 Å². The van der Waals surface area contributed by atoms with Gasteiger partial charge in [0, 0.05) is 28.4 Å². The molecule has 0 saturated carbocycles. The first-order chi connectivity index (χ1) is 8.53. The molecule has 0 aromatic carbocycles. The lowest BCUT2D eigenvalue weighted by molar-refractivity contribution is -0.340. The molecule has 18 heavy (non-hydrogen) atoms. The highest BCUT2D eigenvalue weighted by molar-refractivity contribution is 5.39. The van der Waals surface area contributed by atoms with Crippen molar-refractivity contribution < 1.29 is 28.5 Å². The number of carbonyl (C=O) groups excluding carboxylic acids is 2. The van der Waals surface area contributed by atoms with Crippen molar-refractivity contribution in [2.75, 3.05) is 28.4 Å². The van der Waals surface area contributed by atoms with Crippen LogP contribution in [0.15, 0.2) is 9.98 Å². The van der Waals surface area contributed by atoms with E-state index < -0.39 is 17.7 Å². The van der Waals surface area contributed by atoms with E-state index in [1.807, 2.05) is 0 Å². The second-order valence-electron chi connectivity index (χ2n) is 3.17. The molecule has 0 heterocycles. The lowest BCUT2D eigenvalue weighted by Crippen LogP contribution is -2.62. The van der Waals surface area contributed by atoms with Crippen LogP contribution in [-0.2, 0) is 28.5 Å². The van der Waals surface area contributed by atoms with Gasteiger partial charge in [0.25, 0.3) is 5.79 Å². The summed E-state index contributed by atoms with van der Waals surface area (Å²) in [6.45, 7) is 1.57. The Bertz CT molecular complexity index is 337. The fourth-order valence-corrected chi connectivity index (χ4v) is 1.64. The Morgan fingerprint density at radius 2 is 1.39 bits per heavy atom. The summed E-state index contributed by atoms with van der Waals surface area (Å²) in [6.07, 6.45) is 1.76. The van der Waals surface area contributed by atoms with Gasteiger partial charge in [-0.05, 0) is 6.92 Å². The first-order valence-electron chi connectivity index (χ1n) is 4.90. The number of hydrogen-bond acceptors (Lipinski definition) is 8. The van der Waals surface area contributed by atoms with E-state index in [0.717, 1.165) is 0 Å². The molecule has 102 valence electrons. The number of aliphatic imine (C=N–C) groups is 2. The molecule has 0 saturated heterocycles. The van der Waals surface area contributed by atoms with Gasteiger partial charge in [0.1, 0.15) is 6.10 Å². The van der Waals surface area contributed by atoms with Gasteiger partial charge in [0.05, 0.1) is 0 Å². The molecule has 0 aromatic heterocycles. The maximum atomic E-state index is 10.5. The molecule has 8 nitrogen and oxygen atoms in total. The smallest absolute Gasteiger partial charge is 0.336 e. The van der Waals surface area contributed by atoms with Crippen LogP contribution in [0.1, 0.15) is 6.92 Å². The van der Waals surface area contributed by atoms with Crippen LogP contribution in [0.3, 0.4) is 0 Å². The van der Waals surface area contributed by atoms with Gasteiger partial charge < -0.3 is 18.9 Å². The molecule has 0 N–H and O–H groups in total. The highest BCUT2D eigenvalue weighted by Crippen LogP contribution is 2.36. The van der Waals surface area contributed by atoms with Crippen molar-refractivity contribution in [1.29, 1.82) is 0 Å². The van der Waals surface area contributed by atoms with Crippen molar-refractivity contribution in [1.82, 2.24) is 0 Å². The molecular weight excluding hydrogens is 244 g/mol. The Labute approximate surface area is 105 Å². The van der Waals surface area contributed by atoms with Gasteiger partial charge in [-0.15, -0.1) is 9.98 Å². The molecule has 1 unspecified atom stereocenters. The predicted octanol–water partition coefficient (Wildman–Crippen LogP) is -0.0178. The van der Waals surface area contributed by atoms with Crippen molar-refractivity contribution in [2.24, 2.45) is 9.98 Å². The van der Waals surface area contributed by atoms with Crippen LogP contribution in [0.5, 0.6) is 0 Å². The Morgan fingerprint density at radius 3 is 1.61 bits per heavy atom. The average molecular weight is 260 g/mol. The summed E-state index contributed by atoms with van der Waals surface area (Å²) in [6, 6.07) is 0. The number of hydrogen-bond donors (Lipinski definition) is 0. The van der Waals surface area contributed by atoms with E-state index >= 15 is 0 Å². The minimum Gasteiger partial charge on any atom is -0.376 e. The van der Waals surface area contributed by atoms with Crippen LogP contribution in [0, 0.1) is 0 Å². The molecule has 0 spiro atoms. The second kappa shape index (κ2) is 7.13. The SMILES string of the molecule is COC(C)C(OC)(OC)C(N=C=O)(N=C=O)OC. The number of nitrogens with zero attached hydrogens (tertiary/aromatic N) is 2. The highest BCUT2D eigenvalue weighted by atomic mass is 16.7. The molecule has 0 fully saturated rings. The zero-order valence-corrected chi connectivity index (χ0v) is 10.9. The Kier molecular flexibility index (Phi) is 6.57. The lowest BCUT2D eigenvalue weighted by atomic mass is 10.0. The summed E-state index contributed by atoms with van der Waals surface area (Å²) in [4.78, 5) is 27.8. The van der Waals surface area contributed by atoms with Crippen LogP contribution in [-0.4, -0.2) is 58.3 Å². The normalized spacial score (nSPS) is 16.1. The monoisotopic (exact) mass is 260 g/mol. The van der Waals surface area contributed by atoms with Gasteiger partial charge in [-0.2, -0.15) is 0 Å². The van der Waals surface area contributed by atoms with E-state index in [0.29, 0.717) is 0 Å². The van der Waals surface area contributed by atoms with Crippen LogP contribution in [0.25, 0.3) is 0 Å². The molecule has 0 aliphatic rings. The van der Waals surface area contributed by atoms with E-state index in [1.165, 1.54) is 40.6 Å². The molecule has 0 radical (unpaired) electrons. The van der Waals surface area contributed by atoms with Crippen molar-refractivity contribution in [2.45, 2.75) is 24.7 Å². The van der Waals surface area contributed by atoms with E-state index in [2.05, 4.69) is 9.98 Å². The van der Waals surface area contributed by atoms with Gasteiger partial charge in [-0.3, -0.25) is 0 Å². The van der Waals surface area contributed by atoms with E-state index in [1.54, 1.807) is 6.92 Å². The summed E-state index contributed by atoms with van der Waals surface area (Å²) in [7, 11) is 5.10. The molecule has 0 aliphatic carbocycles. The minimum atomic E-state index is -2.09. The first kappa shape index (κ1) is 16.6. The van der Waals surface area contributed by atoms with E-state index in [-0.39, 0.29) is 0 Å². The van der Waals surface area contributed by atoms with Crippen LogP contribution < -0.4 is 0 Å². The summed E-state index contributed by atoms with van der Waals surface area (Å²) in [5.74, 6) is -3.83. The average Bonchev–Trinajstić information content (AvgIpc) is 2.40. The van der Waals surface area contributed by atoms with E-state index in [9.17, 15) is 9.59 Å². The predicted molar refractivity (Wildman–Crippen MR) is 59.2 cm³/mol. The molecule has 1 atom stereocenters. The zero-order valence-electron chi connectivity index (χ0n) is 10.9. The third-order valence-corrected chi connectivity index (χ3v) is 2.63. The summed E-state index contributed by atoms with van der Waals surface area (Å²) < 4.78 is 20.5. The maximum Gasteiger partial charge on any atom is 0.336 e. The van der Waals surface area contributed by atoms with Crippen LogP contribution in [0.2, 0.25) is 0 Å². The maximum absolute atomic E-state index is 10.5. The van der Waals surface area contributed by atoms with Gasteiger partial charge in [-0.1, -0.05) is 0 Å². The third kappa shape index (κ3) is 2.54. The number of isocyanates is 2. The van der Waals surface area contributed by atoms with Crippen LogP contribution in [0.4, 0.5) is 0 Å². The quantitative estimate of drug-likeness (QED) is 0.346. The van der Waals surface area contributed by atoms with Crippen molar-refractivity contribution >= 4 is 12.2 Å². The zero-order chi connectivity index (χ0) is 14.2. The summed E-state index contributed by atoms with van der Waals surface area (Å²) in [5.41, 5.74) is 0. The van der Waals surface area contributed by atoms with Gasteiger partial charge in [0.2, 0.25) is 12.2 Å². The second-order valence-corrected chi connectivity index (χ2v) is 3.17. The number of ether oxygens (including phenoxy) is 4. The molecule has 0 bridgehead atoms. The highest BCUT2D eigenvalue weighted by Gasteiger charge is 2.60. The van der Waals surface area contributed by atoms with Gasteiger partial charge in [-0.25, -0.2) is 9.59 Å². The Balaban J connectivity index is 6.06. The topological polar surface area (TPSA) is 95.8 Å². The van der Waals surface area contributed by atoms with Crippen molar-refractivity contribution in [3.63, 3.8) is 0 Å². The first-order valence-corrected chi connectivity index (χ1v) is 4.90. The third-order valence-electron chi connectivity index (χ3n) is 2.63. The molecule has 0 rings (SSSR count). The van der Waals surface area contributed by atoms with Crippen molar-refractivity contribution in [3.8, 4) is 0 Å². The van der Waals surface area contributed by atoms with Gasteiger partial charge >= 0.3 is 5.85 Å². The Hall–Kier alpha value is -1.40. The lowest BCUT2D eigenvalue weighted by Gasteiger charge is -2.42. The molecular formula is C10H16N2O6. The molecule has 8 heteroatoms.